The summed E-state index contributed by atoms with van der Waals surface area (Å²) >= 11 is 1.86. The summed E-state index contributed by atoms with van der Waals surface area (Å²) in [4.78, 5) is 10.0. The van der Waals surface area contributed by atoms with Crippen LogP contribution in [0.1, 0.15) is 6.92 Å². The van der Waals surface area contributed by atoms with Gasteiger partial charge in [0.05, 0.1) is 6.92 Å². The molecule has 0 fully saturated rings. The summed E-state index contributed by atoms with van der Waals surface area (Å²) < 4.78 is 0.299. The van der Waals surface area contributed by atoms with Gasteiger partial charge in [0.2, 0.25) is 0 Å². The fourth-order valence-corrected chi connectivity index (χ4v) is 0.631. The topological polar surface area (TPSA) is 44.6 Å². The van der Waals surface area contributed by atoms with Crippen molar-refractivity contribution in [2.24, 2.45) is 0 Å². The van der Waals surface area contributed by atoms with Gasteiger partial charge in [0.25, 0.3) is 0 Å². The van der Waals surface area contributed by atoms with Gasteiger partial charge in [-0.15, -0.1) is 0 Å². The minimum Gasteiger partial charge on any atom is -0.626 e. The van der Waals surface area contributed by atoms with Crippen molar-refractivity contribution in [1.29, 1.82) is 0 Å². The van der Waals surface area contributed by atoms with Crippen molar-refractivity contribution >= 4 is 28.5 Å². The van der Waals surface area contributed by atoms with Crippen LogP contribution in [0.5, 0.6) is 0 Å². The molecule has 0 rings (SSSR count). The van der Waals surface area contributed by atoms with Crippen LogP contribution in [-0.2, 0) is 4.79 Å². The van der Waals surface area contributed by atoms with E-state index in [4.69, 9.17) is 0 Å². The first-order valence-corrected chi connectivity index (χ1v) is 3.30. The molecule has 0 saturated carbocycles. The molecular weight excluding hydrogens is 209 g/mol. The summed E-state index contributed by atoms with van der Waals surface area (Å²) in [6.07, 6.45) is 0. The van der Waals surface area contributed by atoms with Crippen LogP contribution < -0.4 is 5.06 Å². The van der Waals surface area contributed by atoms with Crippen LogP contribution in [0.15, 0.2) is 0 Å². The van der Waals surface area contributed by atoms with Crippen molar-refractivity contribution in [3.8, 4) is 0 Å². The maximum atomic E-state index is 10.2. The number of hydrogen-bond donors (Lipinski definition) is 1. The molecule has 0 aliphatic rings. The van der Waals surface area contributed by atoms with Crippen molar-refractivity contribution in [3.05, 3.63) is 5.21 Å². The first kappa shape index (κ1) is 7.32. The molecule has 0 aromatic heterocycles. The molecule has 0 aliphatic carbocycles. The number of hydroxylamine groups is 2. The number of quaternary nitrogens is 1. The SMILES string of the molecule is CC(=O)[NH+]([O-])CI. The molecule has 1 amide bonds. The quantitative estimate of drug-likeness (QED) is 0.272. The molecule has 0 radical (unpaired) electrons. The zero-order valence-electron chi connectivity index (χ0n) is 3.90. The Morgan fingerprint density at radius 2 is 2.43 bits per heavy atom. The number of carbonyl (C=O) groups excluding carboxylic acids is 1. The van der Waals surface area contributed by atoms with Gasteiger partial charge in [-0.05, 0) is 22.6 Å². The number of rotatable bonds is 1. The van der Waals surface area contributed by atoms with Crippen molar-refractivity contribution in [2.45, 2.75) is 6.92 Å². The van der Waals surface area contributed by atoms with Gasteiger partial charge in [0, 0.05) is 0 Å². The maximum Gasteiger partial charge on any atom is 0.309 e. The molecule has 0 aromatic rings. The van der Waals surface area contributed by atoms with Crippen LogP contribution >= 0.6 is 22.6 Å². The van der Waals surface area contributed by atoms with Crippen LogP contribution in [0, 0.1) is 5.21 Å². The average Bonchev–Trinajstić information content (AvgIpc) is 1.65. The summed E-state index contributed by atoms with van der Waals surface area (Å²) in [7, 11) is 0. The largest absolute Gasteiger partial charge is 0.626 e. The summed E-state index contributed by atoms with van der Waals surface area (Å²) in [5, 5.41) is 9.85. The van der Waals surface area contributed by atoms with E-state index < -0.39 is 0 Å². The molecule has 42 valence electrons. The molecular formula is C3H6INO2. The highest BCUT2D eigenvalue weighted by molar-refractivity contribution is 14.1. The predicted molar refractivity (Wildman–Crippen MR) is 33.9 cm³/mol. The Hall–Kier alpha value is 0.320. The summed E-state index contributed by atoms with van der Waals surface area (Å²) in [5.41, 5.74) is 0. The molecule has 0 bridgehead atoms. The lowest BCUT2D eigenvalue weighted by molar-refractivity contribution is -0.744. The second kappa shape index (κ2) is 3.34. The zero-order valence-corrected chi connectivity index (χ0v) is 6.06. The highest BCUT2D eigenvalue weighted by Gasteiger charge is 1.96. The third kappa shape index (κ3) is 2.95. The average molecular weight is 215 g/mol. The summed E-state index contributed by atoms with van der Waals surface area (Å²) in [6, 6.07) is 0. The van der Waals surface area contributed by atoms with Gasteiger partial charge in [-0.1, -0.05) is 0 Å². The van der Waals surface area contributed by atoms with Gasteiger partial charge >= 0.3 is 5.91 Å². The summed E-state index contributed by atoms with van der Waals surface area (Å²) in [5.74, 6) is -0.352. The van der Waals surface area contributed by atoms with E-state index >= 15 is 0 Å². The lowest BCUT2D eigenvalue weighted by atomic mass is 10.7. The predicted octanol–water partition coefficient (Wildman–Crippen LogP) is -0.692. The van der Waals surface area contributed by atoms with E-state index in [0.717, 1.165) is 0 Å². The Morgan fingerprint density at radius 3 is 2.43 bits per heavy atom. The Labute approximate surface area is 55.4 Å². The molecule has 4 heteroatoms. The van der Waals surface area contributed by atoms with E-state index in [2.05, 4.69) is 0 Å². The van der Waals surface area contributed by atoms with Gasteiger partial charge < -0.3 is 10.3 Å². The Morgan fingerprint density at radius 1 is 2.00 bits per heavy atom. The zero-order chi connectivity index (χ0) is 5.86. The van der Waals surface area contributed by atoms with Gasteiger partial charge in [0.1, 0.15) is 4.55 Å². The van der Waals surface area contributed by atoms with Crippen LogP contribution in [0.3, 0.4) is 0 Å². The fraction of sp³-hybridized carbons (Fsp3) is 0.667. The van der Waals surface area contributed by atoms with E-state index in [1.807, 2.05) is 22.6 Å². The molecule has 1 N–H and O–H groups in total. The summed E-state index contributed by atoms with van der Waals surface area (Å²) in [6.45, 7) is 1.28. The standard InChI is InChI=1S/C3H6INO2/c1-3(6)5(7)2-4/h5H,2H2,1H3. The number of alkyl halides is 1. The Kier molecular flexibility index (Phi) is 3.49. The molecule has 0 spiro atoms. The lowest BCUT2D eigenvalue weighted by Gasteiger charge is -2.12. The number of nitrogens with one attached hydrogen (secondary N) is 1. The molecule has 0 saturated heterocycles. The second-order valence-electron chi connectivity index (χ2n) is 1.11. The first-order chi connectivity index (χ1) is 3.18. The number of amides is 1. The van der Waals surface area contributed by atoms with Gasteiger partial charge in [-0.25, -0.2) is 4.79 Å². The van der Waals surface area contributed by atoms with E-state index in [9.17, 15) is 10.0 Å². The minimum absolute atomic E-state index is 0.299. The molecule has 1 unspecified atom stereocenters. The minimum atomic E-state index is -0.352. The van der Waals surface area contributed by atoms with E-state index in [1.165, 1.54) is 6.92 Å². The molecule has 0 heterocycles. The van der Waals surface area contributed by atoms with Gasteiger partial charge in [-0.2, -0.15) is 0 Å². The molecule has 0 aromatic carbocycles. The Balaban J connectivity index is 3.34. The first-order valence-electron chi connectivity index (χ1n) is 1.78. The normalized spacial score (nSPS) is 13.6. The van der Waals surface area contributed by atoms with Gasteiger partial charge in [0.15, 0.2) is 0 Å². The van der Waals surface area contributed by atoms with Crippen LogP contribution in [0.2, 0.25) is 0 Å². The smallest absolute Gasteiger partial charge is 0.309 e. The van der Waals surface area contributed by atoms with Crippen molar-refractivity contribution < 1.29 is 9.86 Å². The molecule has 0 aliphatic heterocycles. The molecule has 3 nitrogen and oxygen atoms in total. The van der Waals surface area contributed by atoms with Crippen molar-refractivity contribution in [3.63, 3.8) is 0 Å². The van der Waals surface area contributed by atoms with E-state index in [1.54, 1.807) is 0 Å². The number of hydrogen-bond acceptors (Lipinski definition) is 2. The molecule has 1 atom stereocenters. The van der Waals surface area contributed by atoms with Crippen molar-refractivity contribution in [1.82, 2.24) is 0 Å². The Bertz CT molecular complexity index is 75.3. The van der Waals surface area contributed by atoms with Crippen molar-refractivity contribution in [2.75, 3.05) is 4.55 Å². The van der Waals surface area contributed by atoms with Crippen LogP contribution in [0.4, 0.5) is 0 Å². The monoisotopic (exact) mass is 215 g/mol. The number of halogens is 1. The number of carbonyl (C=O) groups is 1. The molecule has 7 heavy (non-hydrogen) atoms. The highest BCUT2D eigenvalue weighted by Crippen LogP contribution is 1.64. The highest BCUT2D eigenvalue weighted by atomic mass is 127. The third-order valence-corrected chi connectivity index (χ3v) is 1.21. The van der Waals surface area contributed by atoms with Gasteiger partial charge in [-0.3, -0.25) is 0 Å². The van der Waals surface area contributed by atoms with E-state index in [-0.39, 0.29) is 11.0 Å². The fourth-order valence-electron chi connectivity index (χ4n) is 0.0941. The lowest BCUT2D eigenvalue weighted by Crippen LogP contribution is -3.08. The maximum absolute atomic E-state index is 10.2. The van der Waals surface area contributed by atoms with E-state index in [0.29, 0.717) is 4.55 Å². The second-order valence-corrected chi connectivity index (χ2v) is 1.88. The van der Waals surface area contributed by atoms with Crippen LogP contribution in [-0.4, -0.2) is 10.5 Å². The van der Waals surface area contributed by atoms with Crippen LogP contribution in [0.25, 0.3) is 0 Å². The third-order valence-electron chi connectivity index (χ3n) is 0.514.